The molecule has 0 bridgehead atoms. The van der Waals surface area contributed by atoms with Crippen molar-refractivity contribution in [1.29, 1.82) is 0 Å². The Hall–Kier alpha value is -1.76. The van der Waals surface area contributed by atoms with E-state index in [-0.39, 0.29) is 16.9 Å². The highest BCUT2D eigenvalue weighted by Gasteiger charge is 2.32. The lowest BCUT2D eigenvalue weighted by Gasteiger charge is -2.24. The molecule has 2 aromatic heterocycles. The van der Waals surface area contributed by atoms with E-state index >= 15 is 0 Å². The first-order valence-electron chi connectivity index (χ1n) is 6.86. The summed E-state index contributed by atoms with van der Waals surface area (Å²) in [7, 11) is 1.88. The Morgan fingerprint density at radius 2 is 2.14 bits per heavy atom. The molecule has 0 aliphatic heterocycles. The van der Waals surface area contributed by atoms with Crippen LogP contribution in [0.1, 0.15) is 35.7 Å². The van der Waals surface area contributed by atoms with Gasteiger partial charge in [0, 0.05) is 24.5 Å². The number of pyridine rings is 1. The summed E-state index contributed by atoms with van der Waals surface area (Å²) < 4.78 is 39.7. The maximum Gasteiger partial charge on any atom is 0.417 e. The first-order chi connectivity index (χ1) is 10.4. The number of hydrogen-bond donors (Lipinski definition) is 1. The molecule has 1 aliphatic carbocycles. The third-order valence-corrected chi connectivity index (χ3v) is 4.14. The Labute approximate surface area is 130 Å². The molecule has 0 spiro atoms. The van der Waals surface area contributed by atoms with Crippen LogP contribution in [0.25, 0.3) is 0 Å². The lowest BCUT2D eigenvalue weighted by Crippen LogP contribution is -2.18. The van der Waals surface area contributed by atoms with Crippen LogP contribution in [0.4, 0.5) is 19.0 Å². The van der Waals surface area contributed by atoms with Gasteiger partial charge in [-0.1, -0.05) is 11.6 Å². The highest BCUT2D eigenvalue weighted by atomic mass is 35.5. The van der Waals surface area contributed by atoms with Gasteiger partial charge in [-0.2, -0.15) is 18.3 Å². The largest absolute Gasteiger partial charge is 0.417 e. The van der Waals surface area contributed by atoms with Crippen molar-refractivity contribution >= 4 is 17.4 Å². The van der Waals surface area contributed by atoms with Crippen LogP contribution in [-0.2, 0) is 19.6 Å². The standard InChI is InChI=1S/C14H14ClF3N4/c1-22-12-4-2-3-11(9(12)7-20-22)21-13-10(15)5-8(6-19-13)14(16,17)18/h5-7,11H,2-4H2,1H3,(H,19,21)/t11-/m1/s1. The van der Waals surface area contributed by atoms with Crippen molar-refractivity contribution in [2.75, 3.05) is 5.32 Å². The third kappa shape index (κ3) is 2.77. The van der Waals surface area contributed by atoms with Gasteiger partial charge < -0.3 is 5.32 Å². The van der Waals surface area contributed by atoms with E-state index in [2.05, 4.69) is 15.4 Å². The predicted molar refractivity (Wildman–Crippen MR) is 76.8 cm³/mol. The quantitative estimate of drug-likeness (QED) is 0.905. The second kappa shape index (κ2) is 5.46. The number of aromatic nitrogens is 3. The topological polar surface area (TPSA) is 42.7 Å². The van der Waals surface area contributed by atoms with Crippen LogP contribution in [0, 0.1) is 0 Å². The zero-order valence-electron chi connectivity index (χ0n) is 11.8. The molecule has 0 aromatic carbocycles. The number of rotatable bonds is 2. The van der Waals surface area contributed by atoms with E-state index in [4.69, 9.17) is 11.6 Å². The molecule has 0 fully saturated rings. The lowest BCUT2D eigenvalue weighted by molar-refractivity contribution is -0.137. The highest BCUT2D eigenvalue weighted by molar-refractivity contribution is 6.33. The van der Waals surface area contributed by atoms with E-state index in [1.807, 2.05) is 11.7 Å². The first-order valence-corrected chi connectivity index (χ1v) is 7.24. The summed E-state index contributed by atoms with van der Waals surface area (Å²) in [6.07, 6.45) is 0.903. The Kier molecular flexibility index (Phi) is 3.76. The summed E-state index contributed by atoms with van der Waals surface area (Å²) >= 11 is 5.94. The van der Waals surface area contributed by atoms with Gasteiger partial charge >= 0.3 is 6.18 Å². The number of alkyl halides is 3. The molecule has 0 saturated heterocycles. The van der Waals surface area contributed by atoms with Crippen LogP contribution >= 0.6 is 11.6 Å². The number of hydrogen-bond acceptors (Lipinski definition) is 3. The average Bonchev–Trinajstić information content (AvgIpc) is 2.83. The number of aryl methyl sites for hydroxylation is 1. The molecule has 0 unspecified atom stereocenters. The summed E-state index contributed by atoms with van der Waals surface area (Å²) in [6, 6.07) is 0.850. The van der Waals surface area contributed by atoms with Crippen LogP contribution < -0.4 is 5.32 Å². The molecule has 2 heterocycles. The summed E-state index contributed by atoms with van der Waals surface area (Å²) in [5.74, 6) is 0.261. The fraction of sp³-hybridized carbons (Fsp3) is 0.429. The van der Waals surface area contributed by atoms with Gasteiger partial charge in [0.2, 0.25) is 0 Å². The lowest BCUT2D eigenvalue weighted by atomic mass is 9.93. The summed E-state index contributed by atoms with van der Waals surface area (Å²) in [6.45, 7) is 0. The van der Waals surface area contributed by atoms with E-state index in [0.29, 0.717) is 0 Å². The molecular formula is C14H14ClF3N4. The van der Waals surface area contributed by atoms with E-state index in [1.54, 1.807) is 6.20 Å². The van der Waals surface area contributed by atoms with Gasteiger partial charge in [0.05, 0.1) is 22.8 Å². The Morgan fingerprint density at radius 1 is 1.36 bits per heavy atom. The van der Waals surface area contributed by atoms with Gasteiger partial charge in [0.1, 0.15) is 5.82 Å². The molecule has 3 rings (SSSR count). The number of fused-ring (bicyclic) bond motifs is 1. The molecule has 0 amide bonds. The van der Waals surface area contributed by atoms with Crippen molar-refractivity contribution in [3.8, 4) is 0 Å². The van der Waals surface area contributed by atoms with Gasteiger partial charge in [0.15, 0.2) is 0 Å². The minimum Gasteiger partial charge on any atom is -0.362 e. The first kappa shape index (κ1) is 15.1. The number of anilines is 1. The normalized spacial score (nSPS) is 18.1. The van der Waals surface area contributed by atoms with Gasteiger partial charge in [-0.15, -0.1) is 0 Å². The highest BCUT2D eigenvalue weighted by Crippen LogP contribution is 2.36. The molecule has 22 heavy (non-hydrogen) atoms. The Balaban J connectivity index is 1.85. The van der Waals surface area contributed by atoms with Gasteiger partial charge in [-0.3, -0.25) is 4.68 Å². The van der Waals surface area contributed by atoms with E-state index in [0.717, 1.165) is 42.8 Å². The monoisotopic (exact) mass is 330 g/mol. The third-order valence-electron chi connectivity index (χ3n) is 3.86. The number of nitrogens with zero attached hydrogens (tertiary/aromatic N) is 3. The van der Waals surface area contributed by atoms with Gasteiger partial charge in [0.25, 0.3) is 0 Å². The molecule has 8 heteroatoms. The second-order valence-corrected chi connectivity index (χ2v) is 5.72. The fourth-order valence-corrected chi connectivity index (χ4v) is 2.94. The molecule has 4 nitrogen and oxygen atoms in total. The molecule has 118 valence electrons. The number of nitrogens with one attached hydrogen (secondary N) is 1. The van der Waals surface area contributed by atoms with Crippen LogP contribution in [-0.4, -0.2) is 14.8 Å². The SMILES string of the molecule is Cn1ncc2c1CCC[C@H]2Nc1ncc(C(F)(F)F)cc1Cl. The van der Waals surface area contributed by atoms with Crippen molar-refractivity contribution in [3.05, 3.63) is 40.3 Å². The van der Waals surface area contributed by atoms with E-state index in [9.17, 15) is 13.2 Å². The molecular weight excluding hydrogens is 317 g/mol. The zero-order valence-corrected chi connectivity index (χ0v) is 12.5. The van der Waals surface area contributed by atoms with Crippen molar-refractivity contribution in [1.82, 2.24) is 14.8 Å². The predicted octanol–water partition coefficient (Wildman–Crippen LogP) is 3.98. The van der Waals surface area contributed by atoms with Crippen LogP contribution in [0.15, 0.2) is 18.5 Å². The molecule has 2 aromatic rings. The molecule has 1 atom stereocenters. The molecule has 0 saturated carbocycles. The number of halogens is 4. The van der Waals surface area contributed by atoms with E-state index < -0.39 is 11.7 Å². The maximum atomic E-state index is 12.6. The van der Waals surface area contributed by atoms with Crippen molar-refractivity contribution in [2.45, 2.75) is 31.5 Å². The minimum absolute atomic E-state index is 0.0363. The Morgan fingerprint density at radius 3 is 2.82 bits per heavy atom. The smallest absolute Gasteiger partial charge is 0.362 e. The maximum absolute atomic E-state index is 12.6. The molecule has 1 N–H and O–H groups in total. The van der Waals surface area contributed by atoms with Gasteiger partial charge in [-0.05, 0) is 25.3 Å². The summed E-state index contributed by atoms with van der Waals surface area (Å²) in [5, 5.41) is 7.33. The fourth-order valence-electron chi connectivity index (χ4n) is 2.72. The van der Waals surface area contributed by atoms with Crippen LogP contribution in [0.3, 0.4) is 0 Å². The van der Waals surface area contributed by atoms with Crippen LogP contribution in [0.2, 0.25) is 5.02 Å². The Bertz CT molecular complexity index is 696. The van der Waals surface area contributed by atoms with E-state index in [1.165, 1.54) is 0 Å². The zero-order chi connectivity index (χ0) is 15.9. The van der Waals surface area contributed by atoms with Crippen molar-refractivity contribution in [3.63, 3.8) is 0 Å². The minimum atomic E-state index is -4.45. The average molecular weight is 331 g/mol. The van der Waals surface area contributed by atoms with Gasteiger partial charge in [-0.25, -0.2) is 4.98 Å². The van der Waals surface area contributed by atoms with Crippen LogP contribution in [0.5, 0.6) is 0 Å². The van der Waals surface area contributed by atoms with Crippen molar-refractivity contribution in [2.24, 2.45) is 7.05 Å². The molecule has 1 aliphatic rings. The summed E-state index contributed by atoms with van der Waals surface area (Å²) in [4.78, 5) is 3.83. The second-order valence-electron chi connectivity index (χ2n) is 5.31. The summed E-state index contributed by atoms with van der Waals surface area (Å²) in [5.41, 5.74) is 1.33. The van der Waals surface area contributed by atoms with Crippen molar-refractivity contribution < 1.29 is 13.2 Å². The molecule has 0 radical (unpaired) electrons.